The molecule has 2 aromatic rings. The van der Waals surface area contributed by atoms with Gasteiger partial charge in [-0.1, -0.05) is 11.6 Å². The first-order chi connectivity index (χ1) is 8.97. The van der Waals surface area contributed by atoms with E-state index < -0.39 is 11.7 Å². The zero-order valence-corrected chi connectivity index (χ0v) is 11.8. The summed E-state index contributed by atoms with van der Waals surface area (Å²) in [6, 6.07) is 8.23. The second-order valence-electron chi connectivity index (χ2n) is 3.75. The van der Waals surface area contributed by atoms with Crippen LogP contribution in [0.15, 0.2) is 40.9 Å². The number of rotatable bonds is 2. The fourth-order valence-corrected chi connectivity index (χ4v) is 1.91. The van der Waals surface area contributed by atoms with Gasteiger partial charge in [0.05, 0.1) is 15.1 Å². The van der Waals surface area contributed by atoms with Gasteiger partial charge in [0.15, 0.2) is 0 Å². The van der Waals surface area contributed by atoms with Crippen molar-refractivity contribution >= 4 is 39.1 Å². The smallest absolute Gasteiger partial charge is 0.257 e. The van der Waals surface area contributed by atoms with E-state index in [0.29, 0.717) is 10.2 Å². The monoisotopic (exact) mass is 343 g/mol. The number of phenolic OH excluding ortho intramolecular Hbond substituents is 1. The van der Waals surface area contributed by atoms with Crippen LogP contribution in [-0.2, 0) is 0 Å². The molecule has 2 N–H and O–H groups in total. The lowest BCUT2D eigenvalue weighted by Crippen LogP contribution is -2.12. The summed E-state index contributed by atoms with van der Waals surface area (Å²) in [5.74, 6) is -1.08. The van der Waals surface area contributed by atoms with E-state index >= 15 is 0 Å². The molecule has 2 rings (SSSR count). The summed E-state index contributed by atoms with van der Waals surface area (Å²) in [5.41, 5.74) is 0.412. The number of halogens is 3. The van der Waals surface area contributed by atoms with E-state index in [1.54, 1.807) is 6.07 Å². The summed E-state index contributed by atoms with van der Waals surface area (Å²) < 4.78 is 13.6. The lowest BCUT2D eigenvalue weighted by molar-refractivity contribution is 0.102. The number of nitrogens with one attached hydrogen (secondary N) is 1. The van der Waals surface area contributed by atoms with Gasteiger partial charge in [-0.15, -0.1) is 0 Å². The third-order valence-corrected chi connectivity index (χ3v) is 3.34. The molecule has 19 heavy (non-hydrogen) atoms. The summed E-state index contributed by atoms with van der Waals surface area (Å²) in [4.78, 5) is 11.9. The van der Waals surface area contributed by atoms with Crippen molar-refractivity contribution in [3.63, 3.8) is 0 Å². The molecule has 0 aliphatic rings. The van der Waals surface area contributed by atoms with Crippen LogP contribution >= 0.6 is 27.5 Å². The van der Waals surface area contributed by atoms with Crippen molar-refractivity contribution < 1.29 is 14.3 Å². The van der Waals surface area contributed by atoms with E-state index in [4.69, 9.17) is 11.6 Å². The van der Waals surface area contributed by atoms with Crippen LogP contribution in [0.5, 0.6) is 5.75 Å². The van der Waals surface area contributed by atoms with Gasteiger partial charge >= 0.3 is 0 Å². The molecular formula is C13H8BrClFNO2. The topological polar surface area (TPSA) is 49.3 Å². The zero-order chi connectivity index (χ0) is 14.0. The Kier molecular flexibility index (Phi) is 4.07. The maximum Gasteiger partial charge on any atom is 0.257 e. The number of phenols is 1. The van der Waals surface area contributed by atoms with Crippen LogP contribution in [0.4, 0.5) is 10.1 Å². The maximum atomic E-state index is 13.3. The molecule has 0 fully saturated rings. The standard InChI is InChI=1S/C13H8BrClFNO2/c14-10-3-1-7(5-12(10)16)17-13(19)9-6-8(18)2-4-11(9)15/h1-6,18H,(H,17,19). The van der Waals surface area contributed by atoms with Gasteiger partial charge in [-0.3, -0.25) is 4.79 Å². The Hall–Kier alpha value is -1.59. The summed E-state index contributed by atoms with van der Waals surface area (Å²) in [5, 5.41) is 12.0. The number of benzene rings is 2. The number of carbonyl (C=O) groups is 1. The lowest BCUT2D eigenvalue weighted by atomic mass is 10.2. The summed E-state index contributed by atoms with van der Waals surface area (Å²) >= 11 is 8.88. The molecule has 0 aromatic heterocycles. The summed E-state index contributed by atoms with van der Waals surface area (Å²) in [6.07, 6.45) is 0. The Bertz CT molecular complexity index is 649. The van der Waals surface area contributed by atoms with Crippen molar-refractivity contribution in [2.45, 2.75) is 0 Å². The zero-order valence-electron chi connectivity index (χ0n) is 9.45. The van der Waals surface area contributed by atoms with Crippen LogP contribution in [-0.4, -0.2) is 11.0 Å². The molecule has 0 saturated heterocycles. The molecule has 0 radical (unpaired) electrons. The molecule has 0 heterocycles. The minimum atomic E-state index is -0.525. The van der Waals surface area contributed by atoms with Gasteiger partial charge in [-0.05, 0) is 52.3 Å². The quantitative estimate of drug-likeness (QED) is 0.858. The molecule has 6 heteroatoms. The van der Waals surface area contributed by atoms with E-state index in [9.17, 15) is 14.3 Å². The van der Waals surface area contributed by atoms with Crippen LogP contribution in [0.25, 0.3) is 0 Å². The van der Waals surface area contributed by atoms with Crippen molar-refractivity contribution in [2.75, 3.05) is 5.32 Å². The van der Waals surface area contributed by atoms with Gasteiger partial charge in [0.1, 0.15) is 11.6 Å². The highest BCUT2D eigenvalue weighted by atomic mass is 79.9. The third kappa shape index (κ3) is 3.24. The summed E-state index contributed by atoms with van der Waals surface area (Å²) in [7, 11) is 0. The predicted octanol–water partition coefficient (Wildman–Crippen LogP) is 4.20. The van der Waals surface area contributed by atoms with E-state index in [2.05, 4.69) is 21.2 Å². The largest absolute Gasteiger partial charge is 0.508 e. The Morgan fingerprint density at radius 1 is 1.26 bits per heavy atom. The van der Waals surface area contributed by atoms with E-state index in [0.717, 1.165) is 0 Å². The molecule has 3 nitrogen and oxygen atoms in total. The van der Waals surface area contributed by atoms with Gasteiger partial charge in [-0.25, -0.2) is 4.39 Å². The molecule has 0 saturated carbocycles. The molecule has 0 aliphatic carbocycles. The van der Waals surface area contributed by atoms with Crippen LogP contribution < -0.4 is 5.32 Å². The van der Waals surface area contributed by atoms with Crippen molar-refractivity contribution in [2.24, 2.45) is 0 Å². The van der Waals surface area contributed by atoms with E-state index in [1.807, 2.05) is 0 Å². The van der Waals surface area contributed by atoms with Crippen molar-refractivity contribution in [1.82, 2.24) is 0 Å². The molecule has 0 unspecified atom stereocenters. The van der Waals surface area contributed by atoms with E-state index in [-0.39, 0.29) is 16.3 Å². The van der Waals surface area contributed by atoms with Gasteiger partial charge in [0, 0.05) is 5.69 Å². The van der Waals surface area contributed by atoms with Crippen LogP contribution in [0, 0.1) is 5.82 Å². The highest BCUT2D eigenvalue weighted by molar-refractivity contribution is 9.10. The molecule has 0 atom stereocenters. The third-order valence-electron chi connectivity index (χ3n) is 2.37. The van der Waals surface area contributed by atoms with Crippen molar-refractivity contribution in [1.29, 1.82) is 0 Å². The van der Waals surface area contributed by atoms with Gasteiger partial charge in [-0.2, -0.15) is 0 Å². The fourth-order valence-electron chi connectivity index (χ4n) is 1.46. The molecule has 2 aromatic carbocycles. The van der Waals surface area contributed by atoms with Crippen LogP contribution in [0.3, 0.4) is 0 Å². The molecule has 0 spiro atoms. The normalized spacial score (nSPS) is 10.3. The molecule has 0 aliphatic heterocycles. The minimum absolute atomic E-state index is 0.0727. The van der Waals surface area contributed by atoms with E-state index in [1.165, 1.54) is 30.3 Å². The van der Waals surface area contributed by atoms with Gasteiger partial charge in [0.2, 0.25) is 0 Å². The number of anilines is 1. The Balaban J connectivity index is 2.25. The highest BCUT2D eigenvalue weighted by Crippen LogP contribution is 2.24. The Labute approximate surface area is 122 Å². The SMILES string of the molecule is O=C(Nc1ccc(Br)c(F)c1)c1cc(O)ccc1Cl. The van der Waals surface area contributed by atoms with Crippen LogP contribution in [0.1, 0.15) is 10.4 Å². The molecule has 98 valence electrons. The predicted molar refractivity (Wildman–Crippen MR) is 75.2 cm³/mol. The Morgan fingerprint density at radius 2 is 2.00 bits per heavy atom. The molecule has 0 bridgehead atoms. The van der Waals surface area contributed by atoms with Gasteiger partial charge < -0.3 is 10.4 Å². The van der Waals surface area contributed by atoms with Gasteiger partial charge in [0.25, 0.3) is 5.91 Å². The second kappa shape index (κ2) is 5.59. The molecular weight excluding hydrogens is 337 g/mol. The average molecular weight is 345 g/mol. The molecule has 1 amide bonds. The first kappa shape index (κ1) is 13.8. The maximum absolute atomic E-state index is 13.3. The fraction of sp³-hybridized carbons (Fsp3) is 0. The summed E-state index contributed by atoms with van der Waals surface area (Å²) in [6.45, 7) is 0. The minimum Gasteiger partial charge on any atom is -0.508 e. The lowest BCUT2D eigenvalue weighted by Gasteiger charge is -2.07. The number of hydrogen-bond acceptors (Lipinski definition) is 2. The van der Waals surface area contributed by atoms with Crippen molar-refractivity contribution in [3.05, 3.63) is 57.3 Å². The first-order valence-corrected chi connectivity index (χ1v) is 6.39. The number of hydrogen-bond donors (Lipinski definition) is 2. The first-order valence-electron chi connectivity index (χ1n) is 5.22. The number of carbonyl (C=O) groups excluding carboxylic acids is 1. The second-order valence-corrected chi connectivity index (χ2v) is 5.01. The average Bonchev–Trinajstić information content (AvgIpc) is 2.36. The highest BCUT2D eigenvalue weighted by Gasteiger charge is 2.12. The Morgan fingerprint density at radius 3 is 2.68 bits per heavy atom. The number of amides is 1. The van der Waals surface area contributed by atoms with Crippen LogP contribution in [0.2, 0.25) is 5.02 Å². The number of aromatic hydroxyl groups is 1. The van der Waals surface area contributed by atoms with Crippen molar-refractivity contribution in [3.8, 4) is 5.75 Å².